The van der Waals surface area contributed by atoms with Gasteiger partial charge < -0.3 is 20.8 Å². The zero-order valence-electron chi connectivity index (χ0n) is 11.7. The van der Waals surface area contributed by atoms with Gasteiger partial charge in [-0.15, -0.1) is 0 Å². The van der Waals surface area contributed by atoms with Crippen LogP contribution >= 0.6 is 0 Å². The predicted octanol–water partition coefficient (Wildman–Crippen LogP) is 2.21. The van der Waals surface area contributed by atoms with Gasteiger partial charge in [0.05, 0.1) is 0 Å². The van der Waals surface area contributed by atoms with Crippen LogP contribution in [-0.4, -0.2) is 28.3 Å². The third kappa shape index (κ3) is 4.52. The van der Waals surface area contributed by atoms with E-state index in [2.05, 4.69) is 10.6 Å². The molecule has 2 aromatic rings. The minimum absolute atomic E-state index is 0.102. The molecule has 0 aliphatic rings. The smallest absolute Gasteiger partial charge is 0.326 e. The Balaban J connectivity index is 1.98. The Kier molecular flexibility index (Phi) is 4.98. The Morgan fingerprint density at radius 1 is 1.00 bits per heavy atom. The number of amides is 2. The molecule has 0 spiro atoms. The van der Waals surface area contributed by atoms with Crippen molar-refractivity contribution in [2.24, 2.45) is 0 Å². The van der Waals surface area contributed by atoms with Crippen molar-refractivity contribution in [2.75, 3.05) is 5.32 Å². The topological polar surface area (TPSA) is 98.7 Å². The average molecular weight is 300 g/mol. The highest BCUT2D eigenvalue weighted by molar-refractivity contribution is 5.92. The van der Waals surface area contributed by atoms with Crippen LogP contribution in [-0.2, 0) is 11.2 Å². The van der Waals surface area contributed by atoms with Crippen molar-refractivity contribution < 1.29 is 19.8 Å². The fourth-order valence-corrected chi connectivity index (χ4v) is 1.91. The first-order valence-electron chi connectivity index (χ1n) is 6.68. The quantitative estimate of drug-likeness (QED) is 0.680. The van der Waals surface area contributed by atoms with Crippen molar-refractivity contribution in [1.82, 2.24) is 5.32 Å². The number of carbonyl (C=O) groups excluding carboxylic acids is 1. The van der Waals surface area contributed by atoms with E-state index in [0.717, 1.165) is 0 Å². The van der Waals surface area contributed by atoms with Crippen molar-refractivity contribution >= 4 is 17.7 Å². The van der Waals surface area contributed by atoms with E-state index >= 15 is 0 Å². The Hall–Kier alpha value is -3.02. The van der Waals surface area contributed by atoms with Gasteiger partial charge in [-0.05, 0) is 29.8 Å². The number of rotatable bonds is 5. The molecule has 0 bridgehead atoms. The molecule has 0 unspecified atom stereocenters. The summed E-state index contributed by atoms with van der Waals surface area (Å²) in [5.41, 5.74) is 1.28. The molecular weight excluding hydrogens is 284 g/mol. The standard InChI is InChI=1S/C16H16N2O4/c19-13-8-6-11(7-9-13)10-14(15(20)21)18-16(22)17-12-4-2-1-3-5-12/h1-9,14,19H,10H2,(H,20,21)(H2,17,18,22)/t14-/m1/s1. The van der Waals surface area contributed by atoms with Crippen molar-refractivity contribution in [2.45, 2.75) is 12.5 Å². The lowest BCUT2D eigenvalue weighted by molar-refractivity contribution is -0.139. The molecule has 0 fully saturated rings. The molecule has 0 aliphatic heterocycles. The van der Waals surface area contributed by atoms with Crippen LogP contribution < -0.4 is 10.6 Å². The number of aliphatic carboxylic acids is 1. The van der Waals surface area contributed by atoms with Crippen LogP contribution in [0.1, 0.15) is 5.56 Å². The Bertz CT molecular complexity index is 641. The lowest BCUT2D eigenvalue weighted by Gasteiger charge is -2.15. The predicted molar refractivity (Wildman–Crippen MR) is 81.8 cm³/mol. The summed E-state index contributed by atoms with van der Waals surface area (Å²) in [5.74, 6) is -1.03. The summed E-state index contributed by atoms with van der Waals surface area (Å²) in [5, 5.41) is 23.4. The van der Waals surface area contributed by atoms with Gasteiger partial charge in [-0.3, -0.25) is 0 Å². The van der Waals surface area contributed by atoms with Gasteiger partial charge in [0, 0.05) is 12.1 Å². The fourth-order valence-electron chi connectivity index (χ4n) is 1.91. The van der Waals surface area contributed by atoms with E-state index < -0.39 is 18.0 Å². The molecule has 6 heteroatoms. The molecule has 2 aromatic carbocycles. The fraction of sp³-hybridized carbons (Fsp3) is 0.125. The summed E-state index contributed by atoms with van der Waals surface area (Å²) >= 11 is 0. The maximum Gasteiger partial charge on any atom is 0.326 e. The Morgan fingerprint density at radius 3 is 2.23 bits per heavy atom. The molecule has 114 valence electrons. The van der Waals surface area contributed by atoms with E-state index in [1.807, 2.05) is 6.07 Å². The molecular formula is C16H16N2O4. The second-order valence-electron chi connectivity index (χ2n) is 4.73. The number of urea groups is 1. The molecule has 22 heavy (non-hydrogen) atoms. The van der Waals surface area contributed by atoms with Crippen LogP contribution in [0.3, 0.4) is 0 Å². The van der Waals surface area contributed by atoms with Crippen LogP contribution in [0.4, 0.5) is 10.5 Å². The minimum Gasteiger partial charge on any atom is -0.508 e. The molecule has 0 heterocycles. The Labute approximate surface area is 127 Å². The number of nitrogens with one attached hydrogen (secondary N) is 2. The molecule has 0 saturated heterocycles. The second-order valence-corrected chi connectivity index (χ2v) is 4.73. The van der Waals surface area contributed by atoms with Crippen molar-refractivity contribution in [3.63, 3.8) is 0 Å². The lowest BCUT2D eigenvalue weighted by Crippen LogP contribution is -2.44. The number of phenolic OH excluding ortho intramolecular Hbond substituents is 1. The molecule has 6 nitrogen and oxygen atoms in total. The second kappa shape index (κ2) is 7.12. The van der Waals surface area contributed by atoms with E-state index in [1.54, 1.807) is 36.4 Å². The minimum atomic E-state index is -1.13. The number of phenols is 1. The van der Waals surface area contributed by atoms with E-state index in [-0.39, 0.29) is 12.2 Å². The van der Waals surface area contributed by atoms with Gasteiger partial charge in [0.25, 0.3) is 0 Å². The molecule has 2 amide bonds. The van der Waals surface area contributed by atoms with Crippen LogP contribution in [0.25, 0.3) is 0 Å². The Morgan fingerprint density at radius 2 is 1.64 bits per heavy atom. The SMILES string of the molecule is O=C(Nc1ccccc1)N[C@H](Cc1ccc(O)cc1)C(=O)O. The highest BCUT2D eigenvalue weighted by Crippen LogP contribution is 2.12. The molecule has 1 atom stereocenters. The molecule has 0 saturated carbocycles. The average Bonchev–Trinajstić information content (AvgIpc) is 2.49. The number of anilines is 1. The van der Waals surface area contributed by atoms with E-state index in [0.29, 0.717) is 11.3 Å². The van der Waals surface area contributed by atoms with Crippen LogP contribution in [0.15, 0.2) is 54.6 Å². The number of carboxylic acid groups (broad SMARTS) is 1. The highest BCUT2D eigenvalue weighted by Gasteiger charge is 2.20. The summed E-state index contributed by atoms with van der Waals surface area (Å²) < 4.78 is 0. The molecule has 0 aliphatic carbocycles. The number of aromatic hydroxyl groups is 1. The first kappa shape index (κ1) is 15.4. The summed E-state index contributed by atoms with van der Waals surface area (Å²) in [6.45, 7) is 0. The summed E-state index contributed by atoms with van der Waals surface area (Å²) in [4.78, 5) is 23.1. The van der Waals surface area contributed by atoms with Crippen LogP contribution in [0.5, 0.6) is 5.75 Å². The highest BCUT2D eigenvalue weighted by atomic mass is 16.4. The number of carboxylic acids is 1. The molecule has 0 aromatic heterocycles. The van der Waals surface area contributed by atoms with Crippen LogP contribution in [0, 0.1) is 0 Å². The number of carbonyl (C=O) groups is 2. The van der Waals surface area contributed by atoms with Gasteiger partial charge in [-0.1, -0.05) is 30.3 Å². The van der Waals surface area contributed by atoms with Gasteiger partial charge in [0.15, 0.2) is 0 Å². The monoisotopic (exact) mass is 300 g/mol. The zero-order valence-corrected chi connectivity index (χ0v) is 11.7. The largest absolute Gasteiger partial charge is 0.508 e. The van der Waals surface area contributed by atoms with Gasteiger partial charge in [0.1, 0.15) is 11.8 Å². The zero-order chi connectivity index (χ0) is 15.9. The summed E-state index contributed by atoms with van der Waals surface area (Å²) in [7, 11) is 0. The summed E-state index contributed by atoms with van der Waals surface area (Å²) in [6.07, 6.45) is 0.123. The number of benzene rings is 2. The van der Waals surface area contributed by atoms with Gasteiger partial charge in [-0.25, -0.2) is 9.59 Å². The van der Waals surface area contributed by atoms with Crippen LogP contribution in [0.2, 0.25) is 0 Å². The molecule has 0 radical (unpaired) electrons. The van der Waals surface area contributed by atoms with Crippen molar-refractivity contribution in [3.05, 3.63) is 60.2 Å². The number of para-hydroxylation sites is 1. The van der Waals surface area contributed by atoms with Gasteiger partial charge in [0.2, 0.25) is 0 Å². The lowest BCUT2D eigenvalue weighted by atomic mass is 10.1. The van der Waals surface area contributed by atoms with Gasteiger partial charge >= 0.3 is 12.0 Å². The first-order valence-corrected chi connectivity index (χ1v) is 6.68. The normalized spacial score (nSPS) is 11.5. The first-order chi connectivity index (χ1) is 10.5. The molecule has 4 N–H and O–H groups in total. The van der Waals surface area contributed by atoms with E-state index in [4.69, 9.17) is 0 Å². The maximum absolute atomic E-state index is 11.8. The van der Waals surface area contributed by atoms with E-state index in [1.165, 1.54) is 12.1 Å². The number of hydrogen-bond acceptors (Lipinski definition) is 3. The molecule has 2 rings (SSSR count). The van der Waals surface area contributed by atoms with E-state index in [9.17, 15) is 19.8 Å². The summed E-state index contributed by atoms with van der Waals surface area (Å²) in [6, 6.07) is 13.3. The van der Waals surface area contributed by atoms with Crippen molar-refractivity contribution in [1.29, 1.82) is 0 Å². The maximum atomic E-state index is 11.8. The van der Waals surface area contributed by atoms with Gasteiger partial charge in [-0.2, -0.15) is 0 Å². The number of hydrogen-bond donors (Lipinski definition) is 4. The third-order valence-electron chi connectivity index (χ3n) is 3.01. The van der Waals surface area contributed by atoms with Crippen molar-refractivity contribution in [3.8, 4) is 5.75 Å². The third-order valence-corrected chi connectivity index (χ3v) is 3.01.